The van der Waals surface area contributed by atoms with Crippen LogP contribution in [0, 0.1) is 0 Å². The van der Waals surface area contributed by atoms with Gasteiger partial charge in [0.05, 0.1) is 0 Å². The molecule has 1 saturated heterocycles. The van der Waals surface area contributed by atoms with Crippen molar-refractivity contribution in [3.63, 3.8) is 0 Å². The maximum atomic E-state index is 9.40. The van der Waals surface area contributed by atoms with Gasteiger partial charge in [-0.05, 0) is 50.4 Å². The fourth-order valence-corrected chi connectivity index (χ4v) is 3.76. The predicted molar refractivity (Wildman–Crippen MR) is 81.8 cm³/mol. The Hall–Kier alpha value is -1.06. The van der Waals surface area contributed by atoms with E-state index in [0.717, 1.165) is 19.6 Å². The van der Waals surface area contributed by atoms with E-state index >= 15 is 0 Å². The standard InChI is InChI=1S/C17H26N2O/c1-14-8-11-18-17(9-2-3-10-17)13-19(14)12-15-4-6-16(20)7-5-15/h4-7,14,18,20H,2-3,8-13H2,1H3. The number of phenolic OH excluding ortho intramolecular Hbond substituents is 1. The highest BCUT2D eigenvalue weighted by Gasteiger charge is 2.37. The maximum Gasteiger partial charge on any atom is 0.115 e. The molecule has 2 aliphatic rings. The Bertz CT molecular complexity index is 437. The molecule has 2 fully saturated rings. The van der Waals surface area contributed by atoms with Crippen LogP contribution in [0.5, 0.6) is 5.75 Å². The summed E-state index contributed by atoms with van der Waals surface area (Å²) in [5.74, 6) is 0.353. The molecule has 1 saturated carbocycles. The summed E-state index contributed by atoms with van der Waals surface area (Å²) in [6.07, 6.45) is 6.61. The first-order valence-electron chi connectivity index (χ1n) is 7.94. The molecular formula is C17H26N2O. The van der Waals surface area contributed by atoms with Crippen LogP contribution >= 0.6 is 0 Å². The Labute approximate surface area is 122 Å². The molecule has 3 rings (SSSR count). The monoisotopic (exact) mass is 274 g/mol. The number of rotatable bonds is 2. The van der Waals surface area contributed by atoms with E-state index in [2.05, 4.69) is 17.1 Å². The summed E-state index contributed by atoms with van der Waals surface area (Å²) in [5, 5.41) is 13.2. The number of aromatic hydroxyl groups is 1. The van der Waals surface area contributed by atoms with Crippen LogP contribution in [0.4, 0.5) is 0 Å². The number of phenols is 1. The lowest BCUT2D eigenvalue weighted by Gasteiger charge is -2.35. The van der Waals surface area contributed by atoms with Crippen molar-refractivity contribution < 1.29 is 5.11 Å². The third kappa shape index (κ3) is 2.99. The first-order chi connectivity index (χ1) is 9.67. The van der Waals surface area contributed by atoms with Crippen molar-refractivity contribution in [1.82, 2.24) is 10.2 Å². The van der Waals surface area contributed by atoms with Gasteiger partial charge in [0, 0.05) is 24.7 Å². The van der Waals surface area contributed by atoms with Gasteiger partial charge < -0.3 is 10.4 Å². The Morgan fingerprint density at radius 1 is 1.25 bits per heavy atom. The van der Waals surface area contributed by atoms with Crippen molar-refractivity contribution in [2.75, 3.05) is 13.1 Å². The van der Waals surface area contributed by atoms with E-state index in [9.17, 15) is 5.11 Å². The molecule has 2 N–H and O–H groups in total. The first-order valence-corrected chi connectivity index (χ1v) is 7.94. The molecule has 1 atom stereocenters. The number of benzene rings is 1. The third-order valence-electron chi connectivity index (χ3n) is 5.07. The van der Waals surface area contributed by atoms with Gasteiger partial charge in [0.1, 0.15) is 5.75 Å². The Kier molecular flexibility index (Phi) is 3.99. The molecule has 110 valence electrons. The molecule has 3 heteroatoms. The second kappa shape index (κ2) is 5.74. The minimum absolute atomic E-state index is 0.353. The zero-order valence-electron chi connectivity index (χ0n) is 12.4. The molecule has 1 spiro atoms. The third-order valence-corrected chi connectivity index (χ3v) is 5.07. The van der Waals surface area contributed by atoms with Crippen LogP contribution in [0.25, 0.3) is 0 Å². The highest BCUT2D eigenvalue weighted by atomic mass is 16.3. The van der Waals surface area contributed by atoms with E-state index in [0.29, 0.717) is 17.3 Å². The van der Waals surface area contributed by atoms with Crippen molar-refractivity contribution >= 4 is 0 Å². The summed E-state index contributed by atoms with van der Waals surface area (Å²) in [6.45, 7) is 5.64. The molecule has 1 aliphatic heterocycles. The van der Waals surface area contributed by atoms with Crippen LogP contribution in [0.1, 0.15) is 44.6 Å². The van der Waals surface area contributed by atoms with Crippen LogP contribution in [0.2, 0.25) is 0 Å². The van der Waals surface area contributed by atoms with Gasteiger partial charge in [0.15, 0.2) is 0 Å². The largest absolute Gasteiger partial charge is 0.508 e. The number of nitrogens with one attached hydrogen (secondary N) is 1. The molecule has 1 aromatic rings. The fraction of sp³-hybridized carbons (Fsp3) is 0.647. The average molecular weight is 274 g/mol. The van der Waals surface area contributed by atoms with Crippen molar-refractivity contribution in [2.45, 2.75) is 57.2 Å². The van der Waals surface area contributed by atoms with Crippen molar-refractivity contribution in [3.05, 3.63) is 29.8 Å². The molecule has 0 radical (unpaired) electrons. The van der Waals surface area contributed by atoms with E-state index in [1.54, 1.807) is 12.1 Å². The Balaban J connectivity index is 1.73. The minimum atomic E-state index is 0.353. The van der Waals surface area contributed by atoms with E-state index in [1.807, 2.05) is 12.1 Å². The van der Waals surface area contributed by atoms with E-state index in [-0.39, 0.29) is 0 Å². The minimum Gasteiger partial charge on any atom is -0.508 e. The Morgan fingerprint density at radius 3 is 2.65 bits per heavy atom. The summed E-state index contributed by atoms with van der Waals surface area (Å²) in [4.78, 5) is 2.62. The van der Waals surface area contributed by atoms with Crippen molar-refractivity contribution in [3.8, 4) is 5.75 Å². The molecule has 1 unspecified atom stereocenters. The van der Waals surface area contributed by atoms with E-state index in [1.165, 1.54) is 37.7 Å². The topological polar surface area (TPSA) is 35.5 Å². The summed E-state index contributed by atoms with van der Waals surface area (Å²) < 4.78 is 0. The van der Waals surface area contributed by atoms with Crippen molar-refractivity contribution in [2.24, 2.45) is 0 Å². The summed E-state index contributed by atoms with van der Waals surface area (Å²) >= 11 is 0. The van der Waals surface area contributed by atoms with E-state index < -0.39 is 0 Å². The van der Waals surface area contributed by atoms with Gasteiger partial charge in [-0.1, -0.05) is 25.0 Å². The molecule has 0 amide bonds. The normalized spacial score (nSPS) is 26.8. The highest BCUT2D eigenvalue weighted by Crippen LogP contribution is 2.33. The first kappa shape index (κ1) is 13.9. The quantitative estimate of drug-likeness (QED) is 0.870. The van der Waals surface area contributed by atoms with Gasteiger partial charge >= 0.3 is 0 Å². The lowest BCUT2D eigenvalue weighted by Crippen LogP contribution is -2.49. The van der Waals surface area contributed by atoms with Crippen LogP contribution in [-0.2, 0) is 6.54 Å². The zero-order valence-corrected chi connectivity index (χ0v) is 12.4. The maximum absolute atomic E-state index is 9.40. The molecule has 3 nitrogen and oxygen atoms in total. The van der Waals surface area contributed by atoms with Crippen LogP contribution in [0.15, 0.2) is 24.3 Å². The zero-order chi connectivity index (χ0) is 14.0. The summed E-state index contributed by atoms with van der Waals surface area (Å²) in [7, 11) is 0. The molecular weight excluding hydrogens is 248 g/mol. The Morgan fingerprint density at radius 2 is 1.95 bits per heavy atom. The molecule has 0 bridgehead atoms. The smallest absolute Gasteiger partial charge is 0.115 e. The summed E-state index contributed by atoms with van der Waals surface area (Å²) in [6, 6.07) is 8.29. The van der Waals surface area contributed by atoms with Gasteiger partial charge in [-0.2, -0.15) is 0 Å². The lowest BCUT2D eigenvalue weighted by atomic mass is 9.96. The second-order valence-electron chi connectivity index (χ2n) is 6.62. The van der Waals surface area contributed by atoms with Crippen LogP contribution in [0.3, 0.4) is 0 Å². The fourth-order valence-electron chi connectivity index (χ4n) is 3.76. The van der Waals surface area contributed by atoms with E-state index in [4.69, 9.17) is 0 Å². The van der Waals surface area contributed by atoms with Crippen LogP contribution < -0.4 is 5.32 Å². The van der Waals surface area contributed by atoms with Crippen LogP contribution in [-0.4, -0.2) is 34.7 Å². The van der Waals surface area contributed by atoms with Crippen molar-refractivity contribution in [1.29, 1.82) is 0 Å². The number of hydrogen-bond donors (Lipinski definition) is 2. The lowest BCUT2D eigenvalue weighted by molar-refractivity contribution is 0.160. The van der Waals surface area contributed by atoms with Gasteiger partial charge in [-0.15, -0.1) is 0 Å². The molecule has 20 heavy (non-hydrogen) atoms. The predicted octanol–water partition coefficient (Wildman–Crippen LogP) is 2.89. The SMILES string of the molecule is CC1CCNC2(CCCC2)CN1Cc1ccc(O)cc1. The highest BCUT2D eigenvalue weighted by molar-refractivity contribution is 5.26. The van der Waals surface area contributed by atoms with Gasteiger partial charge in [-0.3, -0.25) is 4.90 Å². The number of hydrogen-bond acceptors (Lipinski definition) is 3. The van der Waals surface area contributed by atoms with Gasteiger partial charge in [-0.25, -0.2) is 0 Å². The molecule has 1 aliphatic carbocycles. The summed E-state index contributed by atoms with van der Waals surface area (Å²) in [5.41, 5.74) is 1.66. The van der Waals surface area contributed by atoms with Gasteiger partial charge in [0.25, 0.3) is 0 Å². The molecule has 1 aromatic carbocycles. The van der Waals surface area contributed by atoms with Gasteiger partial charge in [0.2, 0.25) is 0 Å². The molecule has 0 aromatic heterocycles. The average Bonchev–Trinajstić information content (AvgIpc) is 2.83. The number of nitrogens with zero attached hydrogens (tertiary/aromatic N) is 1. The molecule has 1 heterocycles. The second-order valence-corrected chi connectivity index (χ2v) is 6.62.